The van der Waals surface area contributed by atoms with Crippen LogP contribution in [0.15, 0.2) is 0 Å². The molecule has 3 amide bonds. The Labute approximate surface area is 150 Å². The van der Waals surface area contributed by atoms with Crippen molar-refractivity contribution in [1.29, 1.82) is 0 Å². The van der Waals surface area contributed by atoms with E-state index in [0.29, 0.717) is 36.6 Å². The molecule has 1 N–H and O–H groups in total. The van der Waals surface area contributed by atoms with E-state index < -0.39 is 0 Å². The van der Waals surface area contributed by atoms with Gasteiger partial charge in [0.1, 0.15) is 13.2 Å². The highest BCUT2D eigenvalue weighted by Crippen LogP contribution is 2.56. The number of aromatic nitrogens is 3. The Kier molecular flexibility index (Phi) is 3.43. The summed E-state index contributed by atoms with van der Waals surface area (Å²) in [5.74, 6) is 0.837. The molecule has 2 bridgehead atoms. The van der Waals surface area contributed by atoms with Crippen molar-refractivity contribution in [3.05, 3.63) is 11.6 Å². The molecule has 9 heteroatoms. The molecule has 1 aromatic rings. The molecule has 0 spiro atoms. The van der Waals surface area contributed by atoms with E-state index in [1.807, 2.05) is 0 Å². The Hall–Kier alpha value is -2.29. The molecular formula is C17H21N5O4. The fourth-order valence-corrected chi connectivity index (χ4v) is 5.41. The van der Waals surface area contributed by atoms with Crippen molar-refractivity contribution in [2.24, 2.45) is 23.7 Å². The lowest BCUT2D eigenvalue weighted by Gasteiger charge is -2.29. The highest BCUT2D eigenvalue weighted by molar-refractivity contribution is 6.08. The number of hydrogen-bond donors (Lipinski definition) is 1. The minimum atomic E-state index is -0.237. The van der Waals surface area contributed by atoms with E-state index in [2.05, 4.69) is 10.2 Å². The van der Waals surface area contributed by atoms with Crippen molar-refractivity contribution in [3.63, 3.8) is 0 Å². The lowest BCUT2D eigenvalue weighted by atomic mass is 9.81. The van der Waals surface area contributed by atoms with Crippen LogP contribution in [0.25, 0.3) is 0 Å². The van der Waals surface area contributed by atoms with Crippen LogP contribution in [0.1, 0.15) is 30.9 Å². The topological polar surface area (TPSA) is 109 Å². The molecule has 26 heavy (non-hydrogen) atoms. The molecule has 5 rings (SSSR count). The normalized spacial score (nSPS) is 32.3. The zero-order valence-electron chi connectivity index (χ0n) is 14.4. The molecule has 2 aliphatic heterocycles. The zero-order chi connectivity index (χ0) is 18.0. The van der Waals surface area contributed by atoms with E-state index in [4.69, 9.17) is 0 Å². The molecule has 4 aliphatic rings. The number of aliphatic hydroxyl groups is 1. The van der Waals surface area contributed by atoms with Gasteiger partial charge in [-0.2, -0.15) is 0 Å². The molecule has 1 saturated heterocycles. The van der Waals surface area contributed by atoms with Crippen molar-refractivity contribution >= 4 is 17.7 Å². The van der Waals surface area contributed by atoms with Crippen LogP contribution < -0.4 is 0 Å². The lowest BCUT2D eigenvalue weighted by Crippen LogP contribution is -2.46. The van der Waals surface area contributed by atoms with Crippen molar-refractivity contribution in [3.8, 4) is 0 Å². The van der Waals surface area contributed by atoms with Gasteiger partial charge in [-0.25, -0.2) is 0 Å². The molecule has 0 aromatic carbocycles. The van der Waals surface area contributed by atoms with E-state index >= 15 is 0 Å². The first-order valence-electron chi connectivity index (χ1n) is 9.23. The number of carbonyl (C=O) groups is 3. The van der Waals surface area contributed by atoms with Crippen molar-refractivity contribution in [1.82, 2.24) is 24.6 Å². The van der Waals surface area contributed by atoms with Gasteiger partial charge >= 0.3 is 0 Å². The average molecular weight is 359 g/mol. The summed E-state index contributed by atoms with van der Waals surface area (Å²) in [6.45, 7) is 0.862. The molecule has 2 aliphatic carbocycles. The Morgan fingerprint density at radius 3 is 2.42 bits per heavy atom. The summed E-state index contributed by atoms with van der Waals surface area (Å²) in [4.78, 5) is 41.0. The van der Waals surface area contributed by atoms with Gasteiger partial charge < -0.3 is 14.6 Å². The van der Waals surface area contributed by atoms with Gasteiger partial charge in [0.2, 0.25) is 17.7 Å². The van der Waals surface area contributed by atoms with Gasteiger partial charge in [-0.1, -0.05) is 0 Å². The van der Waals surface area contributed by atoms with E-state index in [9.17, 15) is 19.5 Å². The van der Waals surface area contributed by atoms with Gasteiger partial charge in [0.25, 0.3) is 0 Å². The number of hydrogen-bond acceptors (Lipinski definition) is 6. The van der Waals surface area contributed by atoms with E-state index in [1.54, 1.807) is 9.47 Å². The molecule has 4 atom stereocenters. The number of fused-ring (bicyclic) bond motifs is 6. The molecule has 3 heterocycles. The number of imide groups is 1. The van der Waals surface area contributed by atoms with Crippen LogP contribution in [-0.2, 0) is 34.1 Å². The molecule has 1 aromatic heterocycles. The van der Waals surface area contributed by atoms with E-state index in [0.717, 1.165) is 19.3 Å². The van der Waals surface area contributed by atoms with Crippen molar-refractivity contribution in [2.75, 3.05) is 13.1 Å². The van der Waals surface area contributed by atoms with Gasteiger partial charge in [0, 0.05) is 13.1 Å². The Bertz CT molecular complexity index is 777. The summed E-state index contributed by atoms with van der Waals surface area (Å²) in [7, 11) is 0. The minimum absolute atomic E-state index is 0.150. The molecule has 2 saturated carbocycles. The fraction of sp³-hybridized carbons (Fsp3) is 0.706. The Morgan fingerprint density at radius 2 is 1.77 bits per heavy atom. The highest BCUT2D eigenvalue weighted by atomic mass is 16.3. The fourth-order valence-electron chi connectivity index (χ4n) is 5.41. The summed E-state index contributed by atoms with van der Waals surface area (Å²) < 4.78 is 1.80. The summed E-state index contributed by atoms with van der Waals surface area (Å²) >= 11 is 0. The van der Waals surface area contributed by atoms with Crippen molar-refractivity contribution < 1.29 is 19.5 Å². The summed E-state index contributed by atoms with van der Waals surface area (Å²) in [6.07, 6.45) is 3.05. The van der Waals surface area contributed by atoms with Crippen LogP contribution in [0.3, 0.4) is 0 Å². The second-order valence-electron chi connectivity index (χ2n) is 7.80. The monoisotopic (exact) mass is 359 g/mol. The van der Waals surface area contributed by atoms with E-state index in [-0.39, 0.29) is 49.3 Å². The van der Waals surface area contributed by atoms with E-state index in [1.165, 1.54) is 4.90 Å². The van der Waals surface area contributed by atoms with Crippen LogP contribution >= 0.6 is 0 Å². The Balaban J connectivity index is 1.29. The maximum atomic E-state index is 12.7. The number of rotatable bonds is 3. The largest absolute Gasteiger partial charge is 0.388 e. The molecule has 138 valence electrons. The Morgan fingerprint density at radius 1 is 1.08 bits per heavy atom. The average Bonchev–Trinajstić information content (AvgIpc) is 3.40. The summed E-state index contributed by atoms with van der Waals surface area (Å²) in [6, 6.07) is 0. The van der Waals surface area contributed by atoms with Crippen LogP contribution in [0.4, 0.5) is 0 Å². The second-order valence-corrected chi connectivity index (χ2v) is 7.80. The van der Waals surface area contributed by atoms with Crippen LogP contribution in [-0.4, -0.2) is 60.5 Å². The van der Waals surface area contributed by atoms with Crippen LogP contribution in [0.5, 0.6) is 0 Å². The van der Waals surface area contributed by atoms with Crippen LogP contribution in [0, 0.1) is 23.7 Å². The number of amides is 3. The molecule has 3 fully saturated rings. The molecule has 0 unspecified atom stereocenters. The quantitative estimate of drug-likeness (QED) is 0.704. The maximum absolute atomic E-state index is 12.7. The van der Waals surface area contributed by atoms with Gasteiger partial charge in [0.05, 0.1) is 18.4 Å². The highest BCUT2D eigenvalue weighted by Gasteiger charge is 2.61. The molecule has 0 radical (unpaired) electrons. The standard InChI is InChI=1S/C17H21N5O4/c23-8-12-19-18-11-6-20(3-4-21(11)12)13(24)7-22-16(25)14-9-1-2-10(5-9)15(14)17(22)26/h9-10,14-15,23H,1-8H2/t9-,10-,14+,15+/m0/s1. The first kappa shape index (κ1) is 15.9. The molecular weight excluding hydrogens is 338 g/mol. The van der Waals surface area contributed by atoms with Gasteiger partial charge in [-0.05, 0) is 31.1 Å². The third-order valence-corrected chi connectivity index (χ3v) is 6.64. The first-order valence-corrected chi connectivity index (χ1v) is 9.23. The van der Waals surface area contributed by atoms with Gasteiger partial charge in [-0.3, -0.25) is 19.3 Å². The predicted octanol–water partition coefficient (Wildman–Crippen LogP) is -0.856. The maximum Gasteiger partial charge on any atom is 0.243 e. The SMILES string of the molecule is O=C(CN1C(=O)[C@@H]2[C@H]3CC[C@@H](C3)[C@H]2C1=O)N1CCn2c(CO)nnc2C1. The molecule has 9 nitrogen and oxygen atoms in total. The minimum Gasteiger partial charge on any atom is -0.388 e. The third-order valence-electron chi connectivity index (χ3n) is 6.64. The van der Waals surface area contributed by atoms with Gasteiger partial charge in [0.15, 0.2) is 11.6 Å². The first-order chi connectivity index (χ1) is 12.6. The second kappa shape index (κ2) is 5.60. The number of nitrogens with zero attached hydrogens (tertiary/aromatic N) is 5. The summed E-state index contributed by atoms with van der Waals surface area (Å²) in [5.41, 5.74) is 0. The van der Waals surface area contributed by atoms with Gasteiger partial charge in [-0.15, -0.1) is 10.2 Å². The predicted molar refractivity (Wildman–Crippen MR) is 85.9 cm³/mol. The van der Waals surface area contributed by atoms with Crippen molar-refractivity contribution in [2.45, 2.75) is 39.0 Å². The third kappa shape index (κ3) is 2.09. The number of carbonyl (C=O) groups excluding carboxylic acids is 3. The zero-order valence-corrected chi connectivity index (χ0v) is 14.4. The smallest absolute Gasteiger partial charge is 0.243 e. The summed E-state index contributed by atoms with van der Waals surface area (Å²) in [5, 5.41) is 17.2. The number of likely N-dealkylation sites (tertiary alicyclic amines) is 1. The lowest BCUT2D eigenvalue weighted by molar-refractivity contribution is -0.147. The van der Waals surface area contributed by atoms with Crippen LogP contribution in [0.2, 0.25) is 0 Å². The number of aliphatic hydroxyl groups excluding tert-OH is 1.